The molecule has 0 spiro atoms. The van der Waals surface area contributed by atoms with Crippen LogP contribution in [-0.2, 0) is 23.0 Å². The van der Waals surface area contributed by atoms with E-state index in [0.717, 1.165) is 28.7 Å². The average molecular weight is 315 g/mol. The Labute approximate surface area is 132 Å². The van der Waals surface area contributed by atoms with Gasteiger partial charge < -0.3 is 0 Å². The quantitative estimate of drug-likeness (QED) is 0.852. The molecule has 2 aromatic rings. The van der Waals surface area contributed by atoms with Crippen LogP contribution in [0.4, 0.5) is 0 Å². The van der Waals surface area contributed by atoms with Crippen molar-refractivity contribution in [3.8, 4) is 0 Å². The molecule has 0 amide bonds. The predicted molar refractivity (Wildman–Crippen MR) is 88.4 cm³/mol. The molecule has 1 aliphatic rings. The van der Waals surface area contributed by atoms with Crippen LogP contribution in [0.5, 0.6) is 0 Å². The maximum absolute atomic E-state index is 13.0. The second-order valence-corrected chi connectivity index (χ2v) is 7.97. The van der Waals surface area contributed by atoms with Crippen molar-refractivity contribution in [1.82, 2.24) is 4.31 Å². The van der Waals surface area contributed by atoms with E-state index in [4.69, 9.17) is 0 Å². The van der Waals surface area contributed by atoms with E-state index in [-0.39, 0.29) is 0 Å². The molecule has 0 bridgehead atoms. The summed E-state index contributed by atoms with van der Waals surface area (Å²) in [5, 5.41) is 0. The summed E-state index contributed by atoms with van der Waals surface area (Å²) in [5.41, 5.74) is 5.33. The Bertz CT molecular complexity index is 825. The fourth-order valence-electron chi connectivity index (χ4n) is 3.03. The summed E-state index contributed by atoms with van der Waals surface area (Å²) >= 11 is 0. The largest absolute Gasteiger partial charge is 0.243 e. The van der Waals surface area contributed by atoms with Crippen LogP contribution >= 0.6 is 0 Å². The second kappa shape index (κ2) is 5.52. The number of hydrogen-bond acceptors (Lipinski definition) is 2. The van der Waals surface area contributed by atoms with Crippen molar-refractivity contribution in [3.05, 3.63) is 64.2 Å². The number of aryl methyl sites for hydroxylation is 3. The van der Waals surface area contributed by atoms with Crippen LogP contribution < -0.4 is 0 Å². The zero-order valence-electron chi connectivity index (χ0n) is 13.3. The normalized spacial score (nSPS) is 15.6. The van der Waals surface area contributed by atoms with Gasteiger partial charge in [0.25, 0.3) is 0 Å². The van der Waals surface area contributed by atoms with Crippen LogP contribution in [0.2, 0.25) is 0 Å². The lowest BCUT2D eigenvalue weighted by molar-refractivity contribution is 0.391. The third-order valence-electron chi connectivity index (χ3n) is 4.50. The van der Waals surface area contributed by atoms with E-state index < -0.39 is 10.0 Å². The number of benzene rings is 2. The lowest BCUT2D eigenvalue weighted by Gasteiger charge is -2.28. The molecule has 0 saturated heterocycles. The summed E-state index contributed by atoms with van der Waals surface area (Å²) in [5.74, 6) is 0. The van der Waals surface area contributed by atoms with Crippen molar-refractivity contribution >= 4 is 10.0 Å². The molecule has 1 aliphatic heterocycles. The van der Waals surface area contributed by atoms with Gasteiger partial charge >= 0.3 is 0 Å². The smallest absolute Gasteiger partial charge is 0.207 e. The molecule has 4 heteroatoms. The first-order chi connectivity index (χ1) is 10.4. The summed E-state index contributed by atoms with van der Waals surface area (Å²) in [6.07, 6.45) is 0.777. The summed E-state index contributed by atoms with van der Waals surface area (Å²) < 4.78 is 27.6. The third-order valence-corrected chi connectivity index (χ3v) is 6.49. The van der Waals surface area contributed by atoms with Gasteiger partial charge in [-0.3, -0.25) is 0 Å². The first-order valence-electron chi connectivity index (χ1n) is 7.54. The molecule has 0 aromatic heterocycles. The topological polar surface area (TPSA) is 37.4 Å². The molecular weight excluding hydrogens is 294 g/mol. The molecule has 22 heavy (non-hydrogen) atoms. The van der Waals surface area contributed by atoms with E-state index in [9.17, 15) is 8.42 Å². The maximum atomic E-state index is 13.0. The molecule has 3 nitrogen and oxygen atoms in total. The molecule has 0 unspecified atom stereocenters. The minimum atomic E-state index is -3.44. The molecule has 2 aromatic carbocycles. The van der Waals surface area contributed by atoms with Crippen molar-refractivity contribution in [2.24, 2.45) is 0 Å². The fourth-order valence-corrected chi connectivity index (χ4v) is 4.74. The van der Waals surface area contributed by atoms with Crippen LogP contribution in [0, 0.1) is 20.8 Å². The summed E-state index contributed by atoms with van der Waals surface area (Å²) in [6.45, 7) is 6.85. The number of hydrogen-bond donors (Lipinski definition) is 0. The van der Waals surface area contributed by atoms with E-state index in [1.807, 2.05) is 45.0 Å². The lowest BCUT2D eigenvalue weighted by Crippen LogP contribution is -2.36. The van der Waals surface area contributed by atoms with Gasteiger partial charge in [-0.15, -0.1) is 0 Å². The molecule has 0 atom stereocenters. The van der Waals surface area contributed by atoms with E-state index in [1.165, 1.54) is 5.56 Å². The van der Waals surface area contributed by atoms with Crippen molar-refractivity contribution in [3.63, 3.8) is 0 Å². The monoisotopic (exact) mass is 315 g/mol. The summed E-state index contributed by atoms with van der Waals surface area (Å²) in [6, 6.07) is 11.8. The maximum Gasteiger partial charge on any atom is 0.243 e. The van der Waals surface area contributed by atoms with Crippen molar-refractivity contribution in [1.29, 1.82) is 0 Å². The molecule has 0 saturated carbocycles. The van der Waals surface area contributed by atoms with Crippen molar-refractivity contribution < 1.29 is 8.42 Å². The highest BCUT2D eigenvalue weighted by molar-refractivity contribution is 7.89. The number of rotatable bonds is 2. The molecule has 0 aliphatic carbocycles. The van der Waals surface area contributed by atoms with Gasteiger partial charge in [-0.2, -0.15) is 4.31 Å². The highest BCUT2D eigenvalue weighted by Crippen LogP contribution is 2.28. The van der Waals surface area contributed by atoms with E-state index >= 15 is 0 Å². The van der Waals surface area contributed by atoms with E-state index in [1.54, 1.807) is 10.4 Å². The average Bonchev–Trinajstić information content (AvgIpc) is 2.50. The predicted octanol–water partition coefficient (Wildman–Crippen LogP) is 3.36. The minimum absolute atomic E-state index is 0.440. The lowest BCUT2D eigenvalue weighted by atomic mass is 10.0. The van der Waals surface area contributed by atoms with Crippen molar-refractivity contribution in [2.45, 2.75) is 38.6 Å². The van der Waals surface area contributed by atoms with Gasteiger partial charge in [0.2, 0.25) is 10.0 Å². The SMILES string of the molecule is Cc1cc(C)c(S(=O)(=O)N2CCc3ccccc3C2)cc1C. The molecule has 0 fully saturated rings. The van der Waals surface area contributed by atoms with Crippen LogP contribution in [0.15, 0.2) is 41.3 Å². The van der Waals surface area contributed by atoms with E-state index in [2.05, 4.69) is 6.07 Å². The fraction of sp³-hybridized carbons (Fsp3) is 0.333. The van der Waals surface area contributed by atoms with Crippen LogP contribution in [0.3, 0.4) is 0 Å². The Morgan fingerprint density at radius 2 is 1.55 bits per heavy atom. The van der Waals surface area contributed by atoms with E-state index in [0.29, 0.717) is 18.0 Å². The number of fused-ring (bicyclic) bond motifs is 1. The molecule has 116 valence electrons. The van der Waals surface area contributed by atoms with Crippen LogP contribution in [-0.4, -0.2) is 19.3 Å². The Morgan fingerprint density at radius 3 is 2.27 bits per heavy atom. The van der Waals surface area contributed by atoms with Gasteiger partial charge in [0.1, 0.15) is 0 Å². The molecule has 0 N–H and O–H groups in total. The molecular formula is C18H21NO2S. The van der Waals surface area contributed by atoms with Crippen molar-refractivity contribution in [2.75, 3.05) is 6.54 Å². The Kier molecular flexibility index (Phi) is 3.83. The molecule has 1 heterocycles. The minimum Gasteiger partial charge on any atom is -0.207 e. The van der Waals surface area contributed by atoms with Gasteiger partial charge in [-0.25, -0.2) is 8.42 Å². The molecule has 3 rings (SSSR count). The highest BCUT2D eigenvalue weighted by atomic mass is 32.2. The second-order valence-electron chi connectivity index (χ2n) is 6.06. The zero-order chi connectivity index (χ0) is 15.9. The Hall–Kier alpha value is -1.65. The van der Waals surface area contributed by atoms with Gasteiger partial charge in [0, 0.05) is 13.1 Å². The first-order valence-corrected chi connectivity index (χ1v) is 8.98. The highest BCUT2D eigenvalue weighted by Gasteiger charge is 2.29. The molecule has 0 radical (unpaired) electrons. The Balaban J connectivity index is 2.00. The number of sulfonamides is 1. The summed E-state index contributed by atoms with van der Waals surface area (Å²) in [4.78, 5) is 0.440. The Morgan fingerprint density at radius 1 is 0.909 bits per heavy atom. The summed E-state index contributed by atoms with van der Waals surface area (Å²) in [7, 11) is -3.44. The zero-order valence-corrected chi connectivity index (χ0v) is 14.1. The first kappa shape index (κ1) is 15.3. The van der Waals surface area contributed by atoms with Gasteiger partial charge in [0.05, 0.1) is 4.90 Å². The van der Waals surface area contributed by atoms with Crippen LogP contribution in [0.25, 0.3) is 0 Å². The van der Waals surface area contributed by atoms with Gasteiger partial charge in [0.15, 0.2) is 0 Å². The number of nitrogens with zero attached hydrogens (tertiary/aromatic N) is 1. The van der Waals surface area contributed by atoms with Crippen LogP contribution in [0.1, 0.15) is 27.8 Å². The van der Waals surface area contributed by atoms with Gasteiger partial charge in [-0.05, 0) is 61.1 Å². The standard InChI is InChI=1S/C18H21NO2S/c1-13-10-15(3)18(11-14(13)2)22(20,21)19-9-8-16-6-4-5-7-17(16)12-19/h4-7,10-11H,8-9,12H2,1-3H3. The third kappa shape index (κ3) is 2.57. The van der Waals surface area contributed by atoms with Gasteiger partial charge in [-0.1, -0.05) is 30.3 Å².